The lowest BCUT2D eigenvalue weighted by atomic mass is 10.0. The molecule has 0 saturated heterocycles. The maximum absolute atomic E-state index is 13.2. The zero-order chi connectivity index (χ0) is 15.0. The van der Waals surface area contributed by atoms with E-state index in [0.29, 0.717) is 40.3 Å². The van der Waals surface area contributed by atoms with Gasteiger partial charge in [0, 0.05) is 10.0 Å². The molecule has 0 fully saturated rings. The summed E-state index contributed by atoms with van der Waals surface area (Å²) in [6.07, 6.45) is -0.951. The van der Waals surface area contributed by atoms with E-state index in [2.05, 4.69) is 15.9 Å². The first-order valence-corrected chi connectivity index (χ1v) is 7.45. The first-order chi connectivity index (χ1) is 10.1. The third-order valence-corrected chi connectivity index (χ3v) is 4.19. The van der Waals surface area contributed by atoms with Crippen molar-refractivity contribution >= 4 is 27.5 Å². The molecular weight excluding hydrogens is 363 g/mol. The second-order valence-corrected chi connectivity index (χ2v) is 5.85. The maximum atomic E-state index is 13.2. The summed E-state index contributed by atoms with van der Waals surface area (Å²) in [6, 6.07) is 7.59. The lowest BCUT2D eigenvalue weighted by Gasteiger charge is -2.21. The van der Waals surface area contributed by atoms with Crippen LogP contribution >= 0.6 is 27.5 Å². The zero-order valence-corrected chi connectivity index (χ0v) is 13.1. The number of hydrogen-bond acceptors (Lipinski definition) is 3. The highest BCUT2D eigenvalue weighted by atomic mass is 79.9. The van der Waals surface area contributed by atoms with Crippen molar-refractivity contribution < 1.29 is 19.0 Å². The fourth-order valence-corrected chi connectivity index (χ4v) is 2.88. The van der Waals surface area contributed by atoms with Gasteiger partial charge in [-0.05, 0) is 29.8 Å². The van der Waals surface area contributed by atoms with Gasteiger partial charge in [-0.1, -0.05) is 33.6 Å². The molecule has 1 atom stereocenters. The van der Waals surface area contributed by atoms with Crippen LogP contribution < -0.4 is 9.47 Å². The highest BCUT2D eigenvalue weighted by molar-refractivity contribution is 9.10. The summed E-state index contributed by atoms with van der Waals surface area (Å²) in [7, 11) is 0. The largest absolute Gasteiger partial charge is 0.486 e. The Hall–Kier alpha value is -1.30. The Balaban J connectivity index is 2.00. The number of fused-ring (bicyclic) bond motifs is 1. The minimum absolute atomic E-state index is 0.0276. The SMILES string of the molecule is OC(c1ccc(F)c(Cl)c1)c1cc2c(cc1Br)OCCO2. The molecule has 2 aromatic carbocycles. The van der Waals surface area contributed by atoms with Gasteiger partial charge in [0.25, 0.3) is 0 Å². The molecular formula is C15H11BrClFO3. The van der Waals surface area contributed by atoms with Crippen LogP contribution in [0.1, 0.15) is 17.2 Å². The molecule has 1 aliphatic rings. The number of halogens is 3. The summed E-state index contributed by atoms with van der Waals surface area (Å²) in [6.45, 7) is 0.960. The third-order valence-electron chi connectivity index (χ3n) is 3.22. The molecule has 0 aromatic heterocycles. The van der Waals surface area contributed by atoms with Crippen molar-refractivity contribution in [3.63, 3.8) is 0 Å². The summed E-state index contributed by atoms with van der Waals surface area (Å²) in [5.41, 5.74) is 1.10. The Bertz CT molecular complexity index is 693. The summed E-state index contributed by atoms with van der Waals surface area (Å²) in [5.74, 6) is 0.682. The number of ether oxygens (including phenoxy) is 2. The van der Waals surface area contributed by atoms with Crippen molar-refractivity contribution in [3.05, 3.63) is 56.8 Å². The predicted molar refractivity (Wildman–Crippen MR) is 80.6 cm³/mol. The molecule has 0 radical (unpaired) electrons. The molecule has 1 aliphatic heterocycles. The lowest BCUT2D eigenvalue weighted by Crippen LogP contribution is -2.16. The third kappa shape index (κ3) is 2.86. The Labute approximate surface area is 134 Å². The molecule has 6 heteroatoms. The van der Waals surface area contributed by atoms with Crippen LogP contribution in [-0.4, -0.2) is 18.3 Å². The fourth-order valence-electron chi connectivity index (χ4n) is 2.15. The van der Waals surface area contributed by atoms with Crippen LogP contribution in [-0.2, 0) is 0 Å². The maximum Gasteiger partial charge on any atom is 0.162 e. The van der Waals surface area contributed by atoms with E-state index >= 15 is 0 Å². The fraction of sp³-hybridized carbons (Fsp3) is 0.200. The first kappa shape index (κ1) is 14.6. The van der Waals surface area contributed by atoms with Crippen LogP contribution in [0.25, 0.3) is 0 Å². The minimum Gasteiger partial charge on any atom is -0.486 e. The summed E-state index contributed by atoms with van der Waals surface area (Å²) in [5, 5.41) is 10.5. The Kier molecular flexibility index (Phi) is 4.06. The lowest BCUT2D eigenvalue weighted by molar-refractivity contribution is 0.169. The standard InChI is InChI=1S/C15H11BrClFO3/c16-10-7-14-13(20-3-4-21-14)6-9(10)15(19)8-1-2-12(18)11(17)5-8/h1-2,5-7,15,19H,3-4H2. The Morgan fingerprint density at radius 2 is 1.81 bits per heavy atom. The van der Waals surface area contributed by atoms with Crippen molar-refractivity contribution in [1.82, 2.24) is 0 Å². The van der Waals surface area contributed by atoms with E-state index in [1.54, 1.807) is 12.1 Å². The molecule has 0 aliphatic carbocycles. The molecule has 1 heterocycles. The predicted octanol–water partition coefficient (Wildman–Crippen LogP) is 4.09. The van der Waals surface area contributed by atoms with E-state index < -0.39 is 11.9 Å². The summed E-state index contributed by atoms with van der Waals surface area (Å²) < 4.78 is 24.9. The van der Waals surface area contributed by atoms with Gasteiger partial charge in [-0.3, -0.25) is 0 Å². The average Bonchev–Trinajstić information content (AvgIpc) is 2.48. The van der Waals surface area contributed by atoms with Crippen LogP contribution in [0.15, 0.2) is 34.8 Å². The molecule has 1 N–H and O–H groups in total. The monoisotopic (exact) mass is 372 g/mol. The van der Waals surface area contributed by atoms with Gasteiger partial charge in [-0.25, -0.2) is 4.39 Å². The number of benzene rings is 2. The van der Waals surface area contributed by atoms with E-state index in [0.717, 1.165) is 0 Å². The zero-order valence-electron chi connectivity index (χ0n) is 10.8. The topological polar surface area (TPSA) is 38.7 Å². The number of rotatable bonds is 2. The van der Waals surface area contributed by atoms with Gasteiger partial charge in [-0.2, -0.15) is 0 Å². The minimum atomic E-state index is -0.951. The van der Waals surface area contributed by atoms with Crippen molar-refractivity contribution in [1.29, 1.82) is 0 Å². The van der Waals surface area contributed by atoms with Crippen LogP contribution in [0.3, 0.4) is 0 Å². The second-order valence-electron chi connectivity index (χ2n) is 4.59. The number of hydrogen-bond donors (Lipinski definition) is 1. The van der Waals surface area contributed by atoms with Gasteiger partial charge in [0.15, 0.2) is 11.5 Å². The Morgan fingerprint density at radius 1 is 1.14 bits per heavy atom. The smallest absolute Gasteiger partial charge is 0.162 e. The van der Waals surface area contributed by atoms with Gasteiger partial charge in [0.1, 0.15) is 25.1 Å². The molecule has 21 heavy (non-hydrogen) atoms. The highest BCUT2D eigenvalue weighted by Gasteiger charge is 2.20. The van der Waals surface area contributed by atoms with Crippen LogP contribution in [0.5, 0.6) is 11.5 Å². The van der Waals surface area contributed by atoms with Crippen molar-refractivity contribution in [2.75, 3.05) is 13.2 Å². The Morgan fingerprint density at radius 3 is 2.48 bits per heavy atom. The van der Waals surface area contributed by atoms with Crippen molar-refractivity contribution in [3.8, 4) is 11.5 Å². The van der Waals surface area contributed by atoms with Crippen LogP contribution in [0, 0.1) is 5.82 Å². The van der Waals surface area contributed by atoms with Crippen molar-refractivity contribution in [2.45, 2.75) is 6.10 Å². The molecule has 0 amide bonds. The van der Waals surface area contributed by atoms with E-state index in [1.807, 2.05) is 0 Å². The summed E-state index contributed by atoms with van der Waals surface area (Å²) >= 11 is 9.16. The molecule has 0 saturated carbocycles. The number of aliphatic hydroxyl groups excluding tert-OH is 1. The normalized spacial score (nSPS) is 14.9. The van der Waals surface area contributed by atoms with Gasteiger partial charge in [-0.15, -0.1) is 0 Å². The molecule has 1 unspecified atom stereocenters. The number of aliphatic hydroxyl groups is 1. The van der Waals surface area contributed by atoms with E-state index in [4.69, 9.17) is 21.1 Å². The highest BCUT2D eigenvalue weighted by Crippen LogP contribution is 2.39. The molecule has 2 aromatic rings. The van der Waals surface area contributed by atoms with E-state index in [1.165, 1.54) is 18.2 Å². The molecule has 0 spiro atoms. The van der Waals surface area contributed by atoms with Gasteiger partial charge >= 0.3 is 0 Å². The average molecular weight is 374 g/mol. The molecule has 3 nitrogen and oxygen atoms in total. The van der Waals surface area contributed by atoms with Crippen LogP contribution in [0.2, 0.25) is 5.02 Å². The van der Waals surface area contributed by atoms with Crippen LogP contribution in [0.4, 0.5) is 4.39 Å². The van der Waals surface area contributed by atoms with E-state index in [9.17, 15) is 9.50 Å². The van der Waals surface area contributed by atoms with E-state index in [-0.39, 0.29) is 5.02 Å². The molecule has 110 valence electrons. The molecule has 3 rings (SSSR count). The second kappa shape index (κ2) is 5.83. The van der Waals surface area contributed by atoms with Gasteiger partial charge in [0.05, 0.1) is 5.02 Å². The van der Waals surface area contributed by atoms with Gasteiger partial charge in [0.2, 0.25) is 0 Å². The summed E-state index contributed by atoms with van der Waals surface area (Å²) in [4.78, 5) is 0. The van der Waals surface area contributed by atoms with Gasteiger partial charge < -0.3 is 14.6 Å². The first-order valence-electron chi connectivity index (χ1n) is 6.28. The van der Waals surface area contributed by atoms with Crippen molar-refractivity contribution in [2.24, 2.45) is 0 Å². The quantitative estimate of drug-likeness (QED) is 0.861. The molecule has 0 bridgehead atoms.